The van der Waals surface area contributed by atoms with Gasteiger partial charge in [-0.2, -0.15) is 10.2 Å². The zero-order valence-corrected chi connectivity index (χ0v) is 23.9. The lowest BCUT2D eigenvalue weighted by Crippen LogP contribution is -2.00. The first kappa shape index (κ1) is 28.0. The summed E-state index contributed by atoms with van der Waals surface area (Å²) in [7, 11) is 0. The van der Waals surface area contributed by atoms with Crippen LogP contribution < -0.4 is 11.5 Å². The molecule has 3 heterocycles. The minimum Gasteiger partial charge on any atom is -0.507 e. The van der Waals surface area contributed by atoms with Crippen molar-refractivity contribution >= 4 is 5.70 Å². The van der Waals surface area contributed by atoms with Crippen molar-refractivity contribution in [2.24, 2.45) is 11.5 Å². The highest BCUT2D eigenvalue weighted by molar-refractivity contribution is 5.82. The van der Waals surface area contributed by atoms with Crippen LogP contribution in [0.4, 0.5) is 0 Å². The molecule has 5 aromatic rings. The number of hydrogen-bond donors (Lipinski definition) is 4. The maximum Gasteiger partial charge on any atom is 0.134 e. The quantitative estimate of drug-likeness (QED) is 0.177. The summed E-state index contributed by atoms with van der Waals surface area (Å²) in [5, 5.41) is 30.7. The largest absolute Gasteiger partial charge is 0.507 e. The second kappa shape index (κ2) is 11.5. The molecule has 0 saturated carbocycles. The van der Waals surface area contributed by atoms with Crippen molar-refractivity contribution in [3.63, 3.8) is 0 Å². The van der Waals surface area contributed by atoms with Gasteiger partial charge in [0.25, 0.3) is 0 Å². The molecule has 0 aliphatic carbocycles. The summed E-state index contributed by atoms with van der Waals surface area (Å²) in [6.07, 6.45) is 6.23. The number of allylic oxidation sites excluding steroid dienone is 2. The maximum absolute atomic E-state index is 11.3. The minimum absolute atomic E-state index is 0.0305. The van der Waals surface area contributed by atoms with Gasteiger partial charge in [0.2, 0.25) is 0 Å². The number of phenolic OH excluding ortho intramolecular Hbond substituents is 2. The van der Waals surface area contributed by atoms with Crippen LogP contribution >= 0.6 is 0 Å². The normalized spacial score (nSPS) is 11.8. The van der Waals surface area contributed by atoms with E-state index in [2.05, 4.69) is 10.2 Å². The van der Waals surface area contributed by atoms with Crippen molar-refractivity contribution in [1.29, 1.82) is 0 Å². The molecule has 0 unspecified atom stereocenters. The molecule has 0 fully saturated rings. The third-order valence-corrected chi connectivity index (χ3v) is 6.81. The Hall–Kier alpha value is -5.50. The van der Waals surface area contributed by atoms with Crippen molar-refractivity contribution in [3.8, 4) is 56.7 Å². The van der Waals surface area contributed by atoms with Crippen LogP contribution in [0.25, 0.3) is 50.9 Å². The van der Waals surface area contributed by atoms with Crippen LogP contribution in [0.15, 0.2) is 85.2 Å². The number of aromatic hydroxyl groups is 2. The first-order valence-corrected chi connectivity index (χ1v) is 13.4. The number of pyridine rings is 2. The van der Waals surface area contributed by atoms with Gasteiger partial charge in [0, 0.05) is 34.1 Å². The molecule has 0 spiro atoms. The third-order valence-electron chi connectivity index (χ3n) is 6.81. The third kappa shape index (κ3) is 5.69. The molecule has 0 saturated heterocycles. The maximum atomic E-state index is 11.3. The van der Waals surface area contributed by atoms with E-state index in [0.717, 1.165) is 22.3 Å². The molecule has 0 bridgehead atoms. The molecule has 210 valence electrons. The molecule has 0 amide bonds. The average Bonchev–Trinajstić information content (AvgIpc) is 2.97. The summed E-state index contributed by atoms with van der Waals surface area (Å²) in [4.78, 5) is 9.86. The Labute approximate surface area is 244 Å². The van der Waals surface area contributed by atoms with E-state index in [1.165, 1.54) is 6.20 Å². The fourth-order valence-electron chi connectivity index (χ4n) is 4.93. The second-order valence-corrected chi connectivity index (χ2v) is 10.4. The minimum atomic E-state index is 0.0305. The first-order valence-electron chi connectivity index (χ1n) is 13.4. The molecule has 2 aromatic carbocycles. The average molecular weight is 557 g/mol. The van der Waals surface area contributed by atoms with Crippen molar-refractivity contribution in [1.82, 2.24) is 20.2 Å². The highest BCUT2D eigenvalue weighted by atomic mass is 16.3. The fraction of sp³-hybridized carbons (Fsp3) is 0.118. The lowest BCUT2D eigenvalue weighted by Gasteiger charge is -2.15. The number of aromatic nitrogens is 4. The fourth-order valence-corrected chi connectivity index (χ4v) is 4.93. The molecule has 42 heavy (non-hydrogen) atoms. The van der Waals surface area contributed by atoms with Gasteiger partial charge in [-0.05, 0) is 129 Å². The van der Waals surface area contributed by atoms with E-state index in [0.29, 0.717) is 56.4 Å². The number of rotatable bonds is 6. The number of aryl methyl sites for hydroxylation is 4. The lowest BCUT2D eigenvalue weighted by molar-refractivity contribution is 0.475. The van der Waals surface area contributed by atoms with E-state index in [1.54, 1.807) is 24.4 Å². The molecular weight excluding hydrogens is 524 g/mol. The van der Waals surface area contributed by atoms with Gasteiger partial charge in [-0.15, -0.1) is 0 Å². The van der Waals surface area contributed by atoms with Crippen LogP contribution in [0.3, 0.4) is 0 Å². The van der Waals surface area contributed by atoms with E-state index < -0.39 is 0 Å². The molecule has 3 aromatic heterocycles. The number of nitrogens with two attached hydrogens (primary N) is 2. The number of phenols is 2. The van der Waals surface area contributed by atoms with Gasteiger partial charge >= 0.3 is 0 Å². The summed E-state index contributed by atoms with van der Waals surface area (Å²) in [5.74, 6) is 0.110. The predicted molar refractivity (Wildman–Crippen MR) is 167 cm³/mol. The van der Waals surface area contributed by atoms with Gasteiger partial charge in [0.05, 0.1) is 28.5 Å². The van der Waals surface area contributed by atoms with Crippen molar-refractivity contribution < 1.29 is 10.2 Å². The van der Waals surface area contributed by atoms with Gasteiger partial charge in [-0.3, -0.25) is 0 Å². The standard InChI is InChI=1S/C34H32N6O2/c1-19-11-23(27(36)7-5-9-35)33(41)25(13-19)29-15-21(3)17-31(38-29)32-18-22(4)16-30(39-32)26-14-20(2)12-24(34(26)42)28-8-6-10-37-40-28/h5-18,41-42H,35-36H2,1-4H3/b9-5-,27-7-. The Kier molecular flexibility index (Phi) is 7.71. The van der Waals surface area contributed by atoms with Gasteiger partial charge in [-0.25, -0.2) is 9.97 Å². The summed E-state index contributed by atoms with van der Waals surface area (Å²) in [6, 6.07) is 18.8. The zero-order valence-electron chi connectivity index (χ0n) is 23.9. The highest BCUT2D eigenvalue weighted by Gasteiger charge is 2.18. The molecule has 8 heteroatoms. The molecule has 0 aliphatic rings. The smallest absolute Gasteiger partial charge is 0.134 e. The molecule has 8 nitrogen and oxygen atoms in total. The van der Waals surface area contributed by atoms with Crippen LogP contribution in [0.1, 0.15) is 27.8 Å². The van der Waals surface area contributed by atoms with Gasteiger partial charge in [0.1, 0.15) is 11.5 Å². The Morgan fingerprint density at radius 1 is 0.667 bits per heavy atom. The lowest BCUT2D eigenvalue weighted by atomic mass is 9.98. The monoisotopic (exact) mass is 556 g/mol. The topological polar surface area (TPSA) is 144 Å². The van der Waals surface area contributed by atoms with Crippen LogP contribution in [0.5, 0.6) is 11.5 Å². The van der Waals surface area contributed by atoms with Gasteiger partial charge < -0.3 is 21.7 Å². The molecule has 0 atom stereocenters. The predicted octanol–water partition coefficient (Wildman–Crippen LogP) is 6.35. The van der Waals surface area contributed by atoms with Gasteiger partial charge in [-0.1, -0.05) is 0 Å². The summed E-state index contributed by atoms with van der Waals surface area (Å²) >= 11 is 0. The molecule has 6 N–H and O–H groups in total. The Morgan fingerprint density at radius 2 is 1.17 bits per heavy atom. The first-order chi connectivity index (χ1) is 20.1. The summed E-state index contributed by atoms with van der Waals surface area (Å²) < 4.78 is 0. The Morgan fingerprint density at radius 3 is 1.71 bits per heavy atom. The SMILES string of the molecule is Cc1cc(-c2cc(C)cc(-c3cc(C)cc(-c4cccnn4)c3O)n2)nc(-c2cc(C)cc(/C(N)=C/C=C\N)c2O)c1. The summed E-state index contributed by atoms with van der Waals surface area (Å²) in [5.41, 5.74) is 21.1. The summed E-state index contributed by atoms with van der Waals surface area (Å²) in [6.45, 7) is 7.85. The van der Waals surface area contributed by atoms with E-state index >= 15 is 0 Å². The zero-order chi connectivity index (χ0) is 30.0. The van der Waals surface area contributed by atoms with E-state index in [9.17, 15) is 10.2 Å². The van der Waals surface area contributed by atoms with Crippen LogP contribution in [-0.2, 0) is 0 Å². The molecular formula is C34H32N6O2. The van der Waals surface area contributed by atoms with Crippen LogP contribution in [0.2, 0.25) is 0 Å². The highest BCUT2D eigenvalue weighted by Crippen LogP contribution is 2.40. The van der Waals surface area contributed by atoms with Crippen molar-refractivity contribution in [2.45, 2.75) is 27.7 Å². The Bertz CT molecular complexity index is 1860. The second-order valence-electron chi connectivity index (χ2n) is 10.4. The number of nitrogens with zero attached hydrogens (tertiary/aromatic N) is 4. The Balaban J connectivity index is 1.64. The molecule has 5 rings (SSSR count). The van der Waals surface area contributed by atoms with E-state index in [1.807, 2.05) is 82.3 Å². The number of benzene rings is 2. The van der Waals surface area contributed by atoms with Crippen molar-refractivity contribution in [2.75, 3.05) is 0 Å². The van der Waals surface area contributed by atoms with Crippen molar-refractivity contribution in [3.05, 3.63) is 113 Å². The molecule has 0 radical (unpaired) electrons. The van der Waals surface area contributed by atoms with Gasteiger partial charge in [0.15, 0.2) is 0 Å². The van der Waals surface area contributed by atoms with E-state index in [-0.39, 0.29) is 11.5 Å². The molecule has 0 aliphatic heterocycles. The van der Waals surface area contributed by atoms with Crippen LogP contribution in [0, 0.1) is 27.7 Å². The number of hydrogen-bond acceptors (Lipinski definition) is 8. The van der Waals surface area contributed by atoms with E-state index in [4.69, 9.17) is 21.4 Å². The van der Waals surface area contributed by atoms with Crippen LogP contribution in [-0.4, -0.2) is 30.4 Å².